The van der Waals surface area contributed by atoms with Crippen molar-refractivity contribution in [2.45, 2.75) is 46.3 Å². The number of carboxylic acid groups (broad SMARTS) is 1. The average Bonchev–Trinajstić information content (AvgIpc) is 3.60. The molecule has 1 fully saturated rings. The number of thiazole rings is 1. The highest BCUT2D eigenvalue weighted by Crippen LogP contribution is 2.45. The molecule has 9 nitrogen and oxygen atoms in total. The Morgan fingerprint density at radius 1 is 1.10 bits per heavy atom. The molecule has 6 rings (SSSR count). The van der Waals surface area contributed by atoms with Gasteiger partial charge in [0, 0.05) is 18.9 Å². The van der Waals surface area contributed by atoms with Crippen LogP contribution >= 0.6 is 11.3 Å². The highest BCUT2D eigenvalue weighted by molar-refractivity contribution is 7.22. The number of ether oxygens (including phenoxy) is 2. The maximum Gasteiger partial charge on any atom is 0.301 e. The molecule has 0 aliphatic carbocycles. The van der Waals surface area contributed by atoms with Crippen LogP contribution in [0.2, 0.25) is 0 Å². The maximum atomic E-state index is 13.5. The van der Waals surface area contributed by atoms with Crippen LogP contribution in [0.4, 0.5) is 5.13 Å². The van der Waals surface area contributed by atoms with Gasteiger partial charge in [-0.1, -0.05) is 41.2 Å². The molecule has 1 amide bonds. The van der Waals surface area contributed by atoms with Gasteiger partial charge in [-0.3, -0.25) is 19.3 Å². The number of rotatable bonds is 5. The van der Waals surface area contributed by atoms with Crippen molar-refractivity contribution in [3.05, 3.63) is 88.5 Å². The van der Waals surface area contributed by atoms with Crippen molar-refractivity contribution in [3.63, 3.8) is 0 Å². The quantitative estimate of drug-likeness (QED) is 0.165. The van der Waals surface area contributed by atoms with Gasteiger partial charge in [0.05, 0.1) is 28.4 Å². The summed E-state index contributed by atoms with van der Waals surface area (Å²) in [5.74, 6) is -1.03. The van der Waals surface area contributed by atoms with E-state index in [0.29, 0.717) is 40.6 Å². The average molecular weight is 587 g/mol. The molecule has 2 unspecified atom stereocenters. The lowest BCUT2D eigenvalue weighted by atomic mass is 9.94. The first-order valence-electron chi connectivity index (χ1n) is 13.5. The molecule has 0 bridgehead atoms. The summed E-state index contributed by atoms with van der Waals surface area (Å²) in [6.07, 6.45) is 0.754. The fraction of sp³-hybridized carbons (Fsp3) is 0.250. The van der Waals surface area contributed by atoms with Crippen LogP contribution in [0.25, 0.3) is 16.0 Å². The third kappa shape index (κ3) is 5.58. The summed E-state index contributed by atoms with van der Waals surface area (Å²) >= 11 is 1.31. The molecule has 0 saturated carbocycles. The molecule has 3 aromatic carbocycles. The molecule has 2 N–H and O–H groups in total. The maximum absolute atomic E-state index is 13.5. The third-order valence-corrected chi connectivity index (χ3v) is 7.89. The zero-order chi connectivity index (χ0) is 30.1. The van der Waals surface area contributed by atoms with E-state index in [1.807, 2.05) is 69.3 Å². The summed E-state index contributed by atoms with van der Waals surface area (Å²) in [5.41, 5.74) is 3.93. The van der Waals surface area contributed by atoms with Gasteiger partial charge in [0.1, 0.15) is 23.4 Å². The number of aromatic nitrogens is 1. The number of carbonyl (C=O) groups excluding carboxylic acids is 2. The zero-order valence-corrected chi connectivity index (χ0v) is 24.4. The van der Waals surface area contributed by atoms with E-state index >= 15 is 0 Å². The molecular formula is C32H30N2O7S. The third-order valence-electron chi connectivity index (χ3n) is 6.87. The number of Topliss-reactive ketones (excluding diaryl/α,β-unsaturated/α-hetero) is 1. The highest BCUT2D eigenvalue weighted by atomic mass is 32.1. The van der Waals surface area contributed by atoms with E-state index in [0.717, 1.165) is 28.5 Å². The van der Waals surface area contributed by atoms with Crippen molar-refractivity contribution in [2.24, 2.45) is 0 Å². The highest BCUT2D eigenvalue weighted by Gasteiger charge is 2.48. The summed E-state index contributed by atoms with van der Waals surface area (Å²) in [6.45, 7) is 7.49. The van der Waals surface area contributed by atoms with Gasteiger partial charge in [-0.25, -0.2) is 4.98 Å². The van der Waals surface area contributed by atoms with Gasteiger partial charge in [-0.2, -0.15) is 0 Å². The molecule has 10 heteroatoms. The van der Waals surface area contributed by atoms with Crippen molar-refractivity contribution in [1.29, 1.82) is 0 Å². The van der Waals surface area contributed by atoms with Gasteiger partial charge in [-0.05, 0) is 68.3 Å². The first-order valence-corrected chi connectivity index (χ1v) is 14.3. The second-order valence-corrected chi connectivity index (χ2v) is 11.1. The Balaban J connectivity index is 0.000000830. The van der Waals surface area contributed by atoms with Gasteiger partial charge in [0.15, 0.2) is 5.13 Å². The van der Waals surface area contributed by atoms with Crippen molar-refractivity contribution < 1.29 is 34.1 Å². The largest absolute Gasteiger partial charge is 0.507 e. The predicted octanol–water partition coefficient (Wildman–Crippen LogP) is 6.04. The van der Waals surface area contributed by atoms with E-state index in [1.165, 1.54) is 16.2 Å². The number of hydrogen-bond acceptors (Lipinski definition) is 8. The Bertz CT molecular complexity index is 1720. The van der Waals surface area contributed by atoms with Crippen LogP contribution in [0, 0.1) is 6.92 Å². The van der Waals surface area contributed by atoms with E-state index in [2.05, 4.69) is 0 Å². The van der Waals surface area contributed by atoms with Gasteiger partial charge < -0.3 is 19.7 Å². The normalized spacial score (nSPS) is 18.8. The van der Waals surface area contributed by atoms with Crippen LogP contribution < -0.4 is 14.4 Å². The summed E-state index contributed by atoms with van der Waals surface area (Å²) in [5, 5.41) is 19.3. The minimum Gasteiger partial charge on any atom is -0.507 e. The number of anilines is 1. The summed E-state index contributed by atoms with van der Waals surface area (Å²) in [7, 11) is 0. The fourth-order valence-corrected chi connectivity index (χ4v) is 6.09. The number of aliphatic carboxylic acids is 1. The number of aliphatic hydroxyl groups is 1. The summed E-state index contributed by atoms with van der Waals surface area (Å²) in [6, 6.07) is 17.7. The molecule has 1 saturated heterocycles. The SMILES string of the molecule is CC(=O)O.CCOc1ccc2nc(N3C(=O)C(=O)/C(=C(/O)c4ccc5c(c4)CC(C)O5)C3c3ccc(C)cc3)sc2c1. The molecular weight excluding hydrogens is 556 g/mol. The van der Waals surface area contributed by atoms with Crippen molar-refractivity contribution in [1.82, 2.24) is 4.98 Å². The fourth-order valence-electron chi connectivity index (χ4n) is 5.07. The van der Waals surface area contributed by atoms with Gasteiger partial charge in [-0.15, -0.1) is 0 Å². The number of aliphatic hydroxyl groups excluding tert-OH is 1. The number of amides is 1. The topological polar surface area (TPSA) is 126 Å². The lowest BCUT2D eigenvalue weighted by molar-refractivity contribution is -0.134. The van der Waals surface area contributed by atoms with Crippen LogP contribution in [0.5, 0.6) is 11.5 Å². The van der Waals surface area contributed by atoms with Gasteiger partial charge >= 0.3 is 5.91 Å². The van der Waals surface area contributed by atoms with Crippen molar-refractivity contribution in [3.8, 4) is 11.5 Å². The monoisotopic (exact) mass is 586 g/mol. The second kappa shape index (κ2) is 11.7. The first kappa shape index (κ1) is 28.8. The van der Waals surface area contributed by atoms with Crippen LogP contribution in [0.15, 0.2) is 66.2 Å². The van der Waals surface area contributed by atoms with Crippen LogP contribution in [0.3, 0.4) is 0 Å². The lowest BCUT2D eigenvalue weighted by Gasteiger charge is -2.23. The molecule has 3 heterocycles. The number of aryl methyl sites for hydroxylation is 1. The van der Waals surface area contributed by atoms with Crippen LogP contribution in [-0.4, -0.2) is 45.6 Å². The van der Waals surface area contributed by atoms with E-state index < -0.39 is 23.7 Å². The smallest absolute Gasteiger partial charge is 0.301 e. The standard InChI is InChI=1S/C30H26N2O5S.C2H4O2/c1-4-36-21-10-11-22-24(15-21)38-30(31-22)32-26(18-7-5-16(2)6-8-18)25(28(34)29(32)35)27(33)19-9-12-23-20(14-19)13-17(3)37-23;1-2(3)4/h5-12,14-15,17,26,33H,4,13H2,1-3H3;1H3,(H,3,4)/b27-25+;. The summed E-state index contributed by atoms with van der Waals surface area (Å²) < 4.78 is 12.2. The Morgan fingerprint density at radius 2 is 1.81 bits per heavy atom. The molecule has 2 aliphatic heterocycles. The van der Waals surface area contributed by atoms with E-state index in [-0.39, 0.29) is 17.4 Å². The molecule has 1 aromatic heterocycles. The molecule has 216 valence electrons. The van der Waals surface area contributed by atoms with Crippen LogP contribution in [-0.2, 0) is 20.8 Å². The van der Waals surface area contributed by atoms with Gasteiger partial charge in [0.25, 0.3) is 11.8 Å². The number of carbonyl (C=O) groups is 3. The Hall–Kier alpha value is -4.70. The predicted molar refractivity (Wildman–Crippen MR) is 160 cm³/mol. The second-order valence-electron chi connectivity index (χ2n) is 10.1. The molecule has 4 aromatic rings. The number of carboxylic acids is 1. The molecule has 2 atom stereocenters. The van der Waals surface area contributed by atoms with E-state index in [9.17, 15) is 14.7 Å². The molecule has 42 heavy (non-hydrogen) atoms. The number of benzene rings is 3. The number of hydrogen-bond donors (Lipinski definition) is 2. The minimum absolute atomic E-state index is 0.0417. The zero-order valence-electron chi connectivity index (χ0n) is 23.6. The van der Waals surface area contributed by atoms with Crippen molar-refractivity contribution >= 4 is 50.1 Å². The Labute approximate surface area is 246 Å². The Morgan fingerprint density at radius 3 is 2.50 bits per heavy atom. The lowest BCUT2D eigenvalue weighted by Crippen LogP contribution is -2.29. The minimum atomic E-state index is -0.833. The molecule has 0 spiro atoms. The van der Waals surface area contributed by atoms with Gasteiger partial charge in [0.2, 0.25) is 0 Å². The number of ketones is 1. The Kier molecular flexibility index (Phi) is 8.00. The first-order chi connectivity index (χ1) is 20.1. The van der Waals surface area contributed by atoms with Crippen molar-refractivity contribution in [2.75, 3.05) is 11.5 Å². The number of nitrogens with zero attached hydrogens (tertiary/aromatic N) is 2. The van der Waals surface area contributed by atoms with E-state index in [4.69, 9.17) is 24.4 Å². The number of fused-ring (bicyclic) bond motifs is 2. The molecule has 0 radical (unpaired) electrons. The van der Waals surface area contributed by atoms with E-state index in [1.54, 1.807) is 12.1 Å². The summed E-state index contributed by atoms with van der Waals surface area (Å²) in [4.78, 5) is 42.1. The molecule has 2 aliphatic rings. The van der Waals surface area contributed by atoms with Crippen LogP contribution in [0.1, 0.15) is 49.1 Å².